The normalized spacial score (nSPS) is 14.3. The van der Waals surface area contributed by atoms with E-state index >= 15 is 0 Å². The predicted molar refractivity (Wildman–Crippen MR) is 143 cm³/mol. The Morgan fingerprint density at radius 1 is 1.06 bits per heavy atom. The zero-order chi connectivity index (χ0) is 23.9. The molecule has 1 aliphatic rings. The summed E-state index contributed by atoms with van der Waals surface area (Å²) in [5, 5.41) is 3.45. The molecule has 1 aliphatic heterocycles. The van der Waals surface area contributed by atoms with Gasteiger partial charge in [-0.1, -0.05) is 35.9 Å². The summed E-state index contributed by atoms with van der Waals surface area (Å²) in [6.07, 6.45) is 2.42. The number of hydrogen-bond donors (Lipinski definition) is 1. The summed E-state index contributed by atoms with van der Waals surface area (Å²) in [5.41, 5.74) is 4.39. The van der Waals surface area contributed by atoms with Crippen LogP contribution in [0.1, 0.15) is 28.8 Å². The van der Waals surface area contributed by atoms with Crippen LogP contribution in [0.4, 0.5) is 0 Å². The topological polar surface area (TPSA) is 66.7 Å². The largest absolute Gasteiger partial charge is 0.351 e. The van der Waals surface area contributed by atoms with E-state index in [4.69, 9.17) is 4.98 Å². The molecule has 35 heavy (non-hydrogen) atoms. The van der Waals surface area contributed by atoms with Crippen LogP contribution in [0.15, 0.2) is 65.5 Å². The maximum absolute atomic E-state index is 13.7. The van der Waals surface area contributed by atoms with Crippen LogP contribution in [-0.4, -0.2) is 46.4 Å². The summed E-state index contributed by atoms with van der Waals surface area (Å²) < 4.78 is 2.99. The number of carbonyl (C=O) groups is 1. The SMILES string of the molecule is Cc1cccc(-c2ccc3c(=O)c(C(=O)NCCN4CCCC4)c4sc5ccccc5n4c3n2)c1. The molecule has 0 unspecified atom stereocenters. The molecule has 3 aromatic heterocycles. The quantitative estimate of drug-likeness (QED) is 0.388. The third-order valence-electron chi connectivity index (χ3n) is 6.74. The van der Waals surface area contributed by atoms with Gasteiger partial charge in [-0.05, 0) is 63.2 Å². The third-order valence-corrected chi connectivity index (χ3v) is 7.89. The number of likely N-dealkylation sites (tertiary alicyclic amines) is 1. The van der Waals surface area contributed by atoms with Crippen LogP contribution in [0.2, 0.25) is 0 Å². The smallest absolute Gasteiger partial charge is 0.258 e. The van der Waals surface area contributed by atoms with Crippen LogP contribution in [0.3, 0.4) is 0 Å². The fourth-order valence-electron chi connectivity index (χ4n) is 4.98. The van der Waals surface area contributed by atoms with E-state index in [1.54, 1.807) is 0 Å². The molecule has 176 valence electrons. The lowest BCUT2D eigenvalue weighted by molar-refractivity contribution is 0.0950. The summed E-state index contributed by atoms with van der Waals surface area (Å²) in [6.45, 7) is 5.53. The van der Waals surface area contributed by atoms with Crippen molar-refractivity contribution in [3.05, 3.63) is 82.0 Å². The van der Waals surface area contributed by atoms with E-state index in [2.05, 4.69) is 16.3 Å². The van der Waals surface area contributed by atoms with Crippen LogP contribution < -0.4 is 10.7 Å². The molecule has 1 fully saturated rings. The van der Waals surface area contributed by atoms with Crippen molar-refractivity contribution in [2.24, 2.45) is 0 Å². The molecule has 0 spiro atoms. The van der Waals surface area contributed by atoms with E-state index in [-0.39, 0.29) is 16.9 Å². The highest BCUT2D eigenvalue weighted by atomic mass is 32.1. The average Bonchev–Trinajstić information content (AvgIpc) is 3.52. The van der Waals surface area contributed by atoms with Gasteiger partial charge in [0.05, 0.1) is 21.3 Å². The lowest BCUT2D eigenvalue weighted by Crippen LogP contribution is -2.35. The van der Waals surface area contributed by atoms with Gasteiger partial charge in [-0.2, -0.15) is 0 Å². The number of thiazole rings is 1. The Kier molecular flexibility index (Phi) is 5.59. The van der Waals surface area contributed by atoms with Gasteiger partial charge in [-0.3, -0.25) is 14.0 Å². The second-order valence-corrected chi connectivity index (χ2v) is 10.2. The molecule has 0 bridgehead atoms. The maximum Gasteiger partial charge on any atom is 0.258 e. The zero-order valence-corrected chi connectivity index (χ0v) is 20.4. The fraction of sp³-hybridized carbons (Fsp3) is 0.250. The van der Waals surface area contributed by atoms with Gasteiger partial charge in [0.2, 0.25) is 5.43 Å². The Balaban J connectivity index is 1.52. The molecule has 6 rings (SSSR count). The molecule has 0 atom stereocenters. The number of carbonyl (C=O) groups excluding carboxylic acids is 1. The fourth-order valence-corrected chi connectivity index (χ4v) is 6.16. The van der Waals surface area contributed by atoms with E-state index in [1.165, 1.54) is 24.2 Å². The Morgan fingerprint density at radius 2 is 1.89 bits per heavy atom. The zero-order valence-electron chi connectivity index (χ0n) is 19.6. The number of nitrogens with zero attached hydrogens (tertiary/aromatic N) is 3. The van der Waals surface area contributed by atoms with Gasteiger partial charge < -0.3 is 10.2 Å². The van der Waals surface area contributed by atoms with Crippen molar-refractivity contribution in [3.8, 4) is 11.3 Å². The van der Waals surface area contributed by atoms with Crippen molar-refractivity contribution >= 4 is 43.3 Å². The Bertz CT molecular complexity index is 1650. The molecule has 5 aromatic rings. The van der Waals surface area contributed by atoms with E-state index in [0.717, 1.165) is 46.7 Å². The molecule has 6 nitrogen and oxygen atoms in total. The average molecular weight is 483 g/mol. The number of rotatable bonds is 5. The van der Waals surface area contributed by atoms with Crippen molar-refractivity contribution < 1.29 is 4.79 Å². The number of fused-ring (bicyclic) bond motifs is 5. The van der Waals surface area contributed by atoms with Crippen molar-refractivity contribution in [2.45, 2.75) is 19.8 Å². The molecular weight excluding hydrogens is 456 g/mol. The van der Waals surface area contributed by atoms with Crippen LogP contribution in [0.25, 0.3) is 37.3 Å². The van der Waals surface area contributed by atoms with Gasteiger partial charge in [0, 0.05) is 18.7 Å². The number of aryl methyl sites for hydroxylation is 1. The molecule has 2 aromatic carbocycles. The van der Waals surface area contributed by atoms with Gasteiger partial charge in [0.1, 0.15) is 16.0 Å². The second kappa shape index (κ2) is 8.91. The highest BCUT2D eigenvalue weighted by Gasteiger charge is 2.23. The summed E-state index contributed by atoms with van der Waals surface area (Å²) in [4.78, 5) is 34.9. The molecule has 1 amide bonds. The molecular formula is C28H26N4O2S. The van der Waals surface area contributed by atoms with Crippen molar-refractivity contribution in [1.29, 1.82) is 0 Å². The number of benzene rings is 2. The lowest BCUT2D eigenvalue weighted by Gasteiger charge is -2.15. The first-order valence-electron chi connectivity index (χ1n) is 12.0. The van der Waals surface area contributed by atoms with Crippen LogP contribution >= 0.6 is 11.3 Å². The highest BCUT2D eigenvalue weighted by Crippen LogP contribution is 2.31. The number of nitrogens with one attached hydrogen (secondary N) is 1. The van der Waals surface area contributed by atoms with E-state index in [0.29, 0.717) is 22.4 Å². The number of aromatic nitrogens is 2. The molecule has 1 N–H and O–H groups in total. The van der Waals surface area contributed by atoms with E-state index in [9.17, 15) is 9.59 Å². The molecule has 7 heteroatoms. The van der Waals surface area contributed by atoms with Crippen molar-refractivity contribution in [3.63, 3.8) is 0 Å². The molecule has 0 saturated carbocycles. The summed E-state index contributed by atoms with van der Waals surface area (Å²) in [6, 6.07) is 19.8. The second-order valence-electron chi connectivity index (χ2n) is 9.16. The van der Waals surface area contributed by atoms with E-state index < -0.39 is 0 Å². The van der Waals surface area contributed by atoms with Crippen molar-refractivity contribution in [1.82, 2.24) is 19.6 Å². The van der Waals surface area contributed by atoms with Crippen LogP contribution in [0, 0.1) is 6.92 Å². The van der Waals surface area contributed by atoms with Crippen molar-refractivity contribution in [2.75, 3.05) is 26.2 Å². The summed E-state index contributed by atoms with van der Waals surface area (Å²) >= 11 is 1.46. The summed E-state index contributed by atoms with van der Waals surface area (Å²) in [7, 11) is 0. The Morgan fingerprint density at radius 3 is 2.71 bits per heavy atom. The number of para-hydroxylation sites is 1. The molecule has 0 radical (unpaired) electrons. The first-order valence-corrected chi connectivity index (χ1v) is 12.9. The molecule has 4 heterocycles. The minimum Gasteiger partial charge on any atom is -0.351 e. The summed E-state index contributed by atoms with van der Waals surface area (Å²) in [5.74, 6) is -0.317. The highest BCUT2D eigenvalue weighted by molar-refractivity contribution is 7.24. The predicted octanol–water partition coefficient (Wildman–Crippen LogP) is 4.86. The van der Waals surface area contributed by atoms with Gasteiger partial charge in [0.15, 0.2) is 0 Å². The first-order chi connectivity index (χ1) is 17.1. The number of pyridine rings is 2. The van der Waals surface area contributed by atoms with Crippen LogP contribution in [0.5, 0.6) is 0 Å². The minimum atomic E-state index is -0.317. The third kappa shape index (κ3) is 3.90. The first kappa shape index (κ1) is 21.9. The van der Waals surface area contributed by atoms with Gasteiger partial charge in [0.25, 0.3) is 5.91 Å². The van der Waals surface area contributed by atoms with Gasteiger partial charge >= 0.3 is 0 Å². The standard InChI is InChI=1S/C28H26N4O2S/c1-18-7-6-8-19(17-18)21-12-11-20-25(33)24(27(34)29-13-16-31-14-4-5-15-31)28-32(26(20)30-21)22-9-2-3-10-23(22)35-28/h2-3,6-12,17H,4-5,13-16H2,1H3,(H,29,34). The van der Waals surface area contributed by atoms with Gasteiger partial charge in [-0.25, -0.2) is 4.98 Å². The maximum atomic E-state index is 13.7. The molecule has 1 saturated heterocycles. The Labute approximate surface area is 206 Å². The number of hydrogen-bond acceptors (Lipinski definition) is 5. The minimum absolute atomic E-state index is 0.199. The van der Waals surface area contributed by atoms with E-state index in [1.807, 2.05) is 65.9 Å². The van der Waals surface area contributed by atoms with Gasteiger partial charge in [-0.15, -0.1) is 11.3 Å². The number of amides is 1. The van der Waals surface area contributed by atoms with Crippen LogP contribution in [-0.2, 0) is 0 Å². The molecule has 0 aliphatic carbocycles. The Hall–Kier alpha value is -3.55. The monoisotopic (exact) mass is 482 g/mol. The lowest BCUT2D eigenvalue weighted by atomic mass is 10.1.